The fourth-order valence-electron chi connectivity index (χ4n) is 2.13. The molecule has 0 amide bonds. The first kappa shape index (κ1) is 11.8. The largest absolute Gasteiger partial charge is 0.327 e. The summed E-state index contributed by atoms with van der Waals surface area (Å²) in [6, 6.07) is 5.16. The maximum Gasteiger partial charge on any atom is 0.141 e. The molecule has 0 radical (unpaired) electrons. The molecule has 0 bridgehead atoms. The van der Waals surface area contributed by atoms with Crippen LogP contribution in [-0.4, -0.2) is 24.0 Å². The highest BCUT2D eigenvalue weighted by molar-refractivity contribution is 6.30. The van der Waals surface area contributed by atoms with Crippen LogP contribution in [0.1, 0.15) is 18.4 Å². The molecule has 1 heterocycles. The average Bonchev–Trinajstić information content (AvgIpc) is 2.24. The molecular weight excluding hydrogens is 227 g/mol. The summed E-state index contributed by atoms with van der Waals surface area (Å²) in [5, 5.41) is 0.193. The Hall–Kier alpha value is -0.640. The summed E-state index contributed by atoms with van der Waals surface area (Å²) in [5.41, 5.74) is 6.95. The van der Waals surface area contributed by atoms with Gasteiger partial charge < -0.3 is 5.73 Å². The van der Waals surface area contributed by atoms with Gasteiger partial charge in [-0.15, -0.1) is 0 Å². The van der Waals surface area contributed by atoms with E-state index in [0.717, 1.165) is 38.0 Å². The summed E-state index contributed by atoms with van der Waals surface area (Å²) >= 11 is 5.74. The summed E-state index contributed by atoms with van der Waals surface area (Å²) in [6.07, 6.45) is 2.23. The van der Waals surface area contributed by atoms with Crippen molar-refractivity contribution in [3.8, 4) is 0 Å². The monoisotopic (exact) mass is 242 g/mol. The van der Waals surface area contributed by atoms with Gasteiger partial charge >= 0.3 is 0 Å². The summed E-state index contributed by atoms with van der Waals surface area (Å²) in [4.78, 5) is 2.29. The number of likely N-dealkylation sites (tertiary alicyclic amines) is 1. The van der Waals surface area contributed by atoms with Crippen LogP contribution in [0, 0.1) is 5.82 Å². The van der Waals surface area contributed by atoms with Gasteiger partial charge in [-0.05, 0) is 37.1 Å². The molecule has 1 atom stereocenters. The first-order valence-corrected chi connectivity index (χ1v) is 5.95. The van der Waals surface area contributed by atoms with E-state index in [9.17, 15) is 4.39 Å². The van der Waals surface area contributed by atoms with E-state index < -0.39 is 0 Å². The predicted molar refractivity (Wildman–Crippen MR) is 63.9 cm³/mol. The molecule has 0 spiro atoms. The van der Waals surface area contributed by atoms with E-state index in [1.807, 2.05) is 0 Å². The lowest BCUT2D eigenvalue weighted by molar-refractivity contribution is 0.201. The minimum absolute atomic E-state index is 0.193. The van der Waals surface area contributed by atoms with Gasteiger partial charge in [0, 0.05) is 19.1 Å². The van der Waals surface area contributed by atoms with Crippen LogP contribution in [0.4, 0.5) is 4.39 Å². The van der Waals surface area contributed by atoms with E-state index in [2.05, 4.69) is 4.90 Å². The summed E-state index contributed by atoms with van der Waals surface area (Å²) < 4.78 is 13.0. The van der Waals surface area contributed by atoms with Gasteiger partial charge in [0.05, 0.1) is 5.02 Å². The van der Waals surface area contributed by atoms with Crippen molar-refractivity contribution in [2.75, 3.05) is 13.1 Å². The SMILES string of the molecule is NC1CCCN(Cc2ccc(F)c(Cl)c2)C1. The van der Waals surface area contributed by atoms with Crippen LogP contribution in [0.25, 0.3) is 0 Å². The van der Waals surface area contributed by atoms with Crippen molar-refractivity contribution in [3.63, 3.8) is 0 Å². The lowest BCUT2D eigenvalue weighted by Crippen LogP contribution is -2.42. The number of piperidine rings is 1. The molecule has 4 heteroatoms. The Kier molecular flexibility index (Phi) is 3.79. The Morgan fingerprint density at radius 1 is 1.50 bits per heavy atom. The zero-order valence-corrected chi connectivity index (χ0v) is 9.88. The second-order valence-corrected chi connectivity index (χ2v) is 4.79. The minimum atomic E-state index is -0.360. The summed E-state index contributed by atoms with van der Waals surface area (Å²) in [7, 11) is 0. The molecular formula is C12H16ClFN2. The van der Waals surface area contributed by atoms with Gasteiger partial charge in [0.1, 0.15) is 5.82 Å². The Morgan fingerprint density at radius 3 is 3.00 bits per heavy atom. The summed E-state index contributed by atoms with van der Waals surface area (Å²) in [6.45, 7) is 2.77. The second-order valence-electron chi connectivity index (χ2n) is 4.39. The van der Waals surface area contributed by atoms with E-state index >= 15 is 0 Å². The van der Waals surface area contributed by atoms with Gasteiger partial charge in [0.2, 0.25) is 0 Å². The van der Waals surface area contributed by atoms with Crippen molar-refractivity contribution in [1.82, 2.24) is 4.90 Å². The van der Waals surface area contributed by atoms with Crippen LogP contribution >= 0.6 is 11.6 Å². The normalized spacial score (nSPS) is 22.3. The average molecular weight is 243 g/mol. The molecule has 1 aliphatic heterocycles. The quantitative estimate of drug-likeness (QED) is 0.863. The number of benzene rings is 1. The standard InChI is InChI=1S/C12H16ClFN2/c13-11-6-9(3-4-12(11)14)7-16-5-1-2-10(15)8-16/h3-4,6,10H,1-2,5,7-8,15H2. The number of hydrogen-bond donors (Lipinski definition) is 1. The Morgan fingerprint density at radius 2 is 2.31 bits per heavy atom. The van der Waals surface area contributed by atoms with Crippen LogP contribution < -0.4 is 5.73 Å². The fourth-order valence-corrected chi connectivity index (χ4v) is 2.33. The number of nitrogens with two attached hydrogens (primary N) is 1. The molecule has 1 aliphatic rings. The van der Waals surface area contributed by atoms with Crippen molar-refractivity contribution in [2.24, 2.45) is 5.73 Å². The minimum Gasteiger partial charge on any atom is -0.327 e. The molecule has 0 aromatic heterocycles. The lowest BCUT2D eigenvalue weighted by Gasteiger charge is -2.30. The van der Waals surface area contributed by atoms with E-state index in [0.29, 0.717) is 0 Å². The molecule has 2 nitrogen and oxygen atoms in total. The smallest absolute Gasteiger partial charge is 0.141 e. The number of nitrogens with zero attached hydrogens (tertiary/aromatic N) is 1. The van der Waals surface area contributed by atoms with Crippen molar-refractivity contribution in [1.29, 1.82) is 0 Å². The molecule has 0 aliphatic carbocycles. The van der Waals surface area contributed by atoms with Crippen LogP contribution in [0.5, 0.6) is 0 Å². The first-order valence-electron chi connectivity index (χ1n) is 5.57. The molecule has 1 unspecified atom stereocenters. The van der Waals surface area contributed by atoms with E-state index in [1.165, 1.54) is 6.07 Å². The topological polar surface area (TPSA) is 29.3 Å². The third-order valence-corrected chi connectivity index (χ3v) is 3.22. The highest BCUT2D eigenvalue weighted by Gasteiger charge is 2.16. The zero-order valence-electron chi connectivity index (χ0n) is 9.13. The highest BCUT2D eigenvalue weighted by atomic mass is 35.5. The molecule has 1 fully saturated rings. The van der Waals surface area contributed by atoms with Crippen molar-refractivity contribution in [3.05, 3.63) is 34.6 Å². The Balaban J connectivity index is 2.00. The number of halogens is 2. The maximum atomic E-state index is 13.0. The molecule has 1 aromatic rings. The van der Waals surface area contributed by atoms with Gasteiger partial charge in [-0.25, -0.2) is 4.39 Å². The predicted octanol–water partition coefficient (Wildman–Crippen LogP) is 2.40. The van der Waals surface area contributed by atoms with Crippen molar-refractivity contribution >= 4 is 11.6 Å². The third-order valence-electron chi connectivity index (χ3n) is 2.93. The fraction of sp³-hybridized carbons (Fsp3) is 0.500. The molecule has 88 valence electrons. The van der Waals surface area contributed by atoms with E-state index in [4.69, 9.17) is 17.3 Å². The van der Waals surface area contributed by atoms with Gasteiger partial charge in [-0.1, -0.05) is 17.7 Å². The maximum absolute atomic E-state index is 13.0. The lowest BCUT2D eigenvalue weighted by atomic mass is 10.1. The zero-order chi connectivity index (χ0) is 11.5. The molecule has 0 saturated carbocycles. The van der Waals surface area contributed by atoms with Crippen molar-refractivity contribution < 1.29 is 4.39 Å². The van der Waals surface area contributed by atoms with Crippen LogP contribution in [0.15, 0.2) is 18.2 Å². The van der Waals surface area contributed by atoms with E-state index in [-0.39, 0.29) is 16.9 Å². The van der Waals surface area contributed by atoms with E-state index in [1.54, 1.807) is 12.1 Å². The van der Waals surface area contributed by atoms with Gasteiger partial charge in [-0.2, -0.15) is 0 Å². The second kappa shape index (κ2) is 5.13. The van der Waals surface area contributed by atoms with Gasteiger partial charge in [-0.3, -0.25) is 4.90 Å². The number of hydrogen-bond acceptors (Lipinski definition) is 2. The Labute approximate surface area is 100 Å². The van der Waals surface area contributed by atoms with Crippen LogP contribution in [-0.2, 0) is 6.54 Å². The van der Waals surface area contributed by atoms with Gasteiger partial charge in [0.25, 0.3) is 0 Å². The molecule has 1 aromatic carbocycles. The van der Waals surface area contributed by atoms with Crippen molar-refractivity contribution in [2.45, 2.75) is 25.4 Å². The molecule has 16 heavy (non-hydrogen) atoms. The van der Waals surface area contributed by atoms with Gasteiger partial charge in [0.15, 0.2) is 0 Å². The first-order chi connectivity index (χ1) is 7.65. The molecule has 2 N–H and O–H groups in total. The third kappa shape index (κ3) is 2.94. The molecule has 2 rings (SSSR count). The Bertz CT molecular complexity index is 370. The highest BCUT2D eigenvalue weighted by Crippen LogP contribution is 2.18. The number of rotatable bonds is 2. The van der Waals surface area contributed by atoms with Crippen LogP contribution in [0.2, 0.25) is 5.02 Å². The summed E-state index contributed by atoms with van der Waals surface area (Å²) in [5.74, 6) is -0.360. The van der Waals surface area contributed by atoms with Crippen LogP contribution in [0.3, 0.4) is 0 Å². The molecule has 1 saturated heterocycles.